The van der Waals surface area contributed by atoms with Gasteiger partial charge in [0.2, 0.25) is 0 Å². The first kappa shape index (κ1) is 20.3. The highest BCUT2D eigenvalue weighted by atomic mass is 35.5. The second-order valence-corrected chi connectivity index (χ2v) is 9.15. The van der Waals surface area contributed by atoms with E-state index in [1.54, 1.807) is 30.3 Å². The van der Waals surface area contributed by atoms with Gasteiger partial charge in [-0.25, -0.2) is 4.98 Å². The van der Waals surface area contributed by atoms with E-state index in [-0.39, 0.29) is 16.3 Å². The van der Waals surface area contributed by atoms with Crippen LogP contribution in [0.3, 0.4) is 0 Å². The average molecular weight is 460 g/mol. The molecule has 0 radical (unpaired) electrons. The molecule has 7 nitrogen and oxygen atoms in total. The van der Waals surface area contributed by atoms with Crippen LogP contribution < -0.4 is 11.1 Å². The largest absolute Gasteiger partial charge is 0.397 e. The molecule has 4 aromatic rings. The van der Waals surface area contributed by atoms with Crippen LogP contribution in [0.5, 0.6) is 0 Å². The molecular formula is C20H14ClN3O4S2. The van der Waals surface area contributed by atoms with Gasteiger partial charge >= 0.3 is 0 Å². The van der Waals surface area contributed by atoms with Gasteiger partial charge in [-0.3, -0.25) is 9.35 Å². The summed E-state index contributed by atoms with van der Waals surface area (Å²) in [6, 6.07) is 16.3. The van der Waals surface area contributed by atoms with Gasteiger partial charge < -0.3 is 11.1 Å². The normalized spacial score (nSPS) is 11.5. The summed E-state index contributed by atoms with van der Waals surface area (Å²) in [6.45, 7) is 0. The van der Waals surface area contributed by atoms with E-state index in [9.17, 15) is 17.8 Å². The van der Waals surface area contributed by atoms with Gasteiger partial charge in [-0.1, -0.05) is 35.9 Å². The number of hydrogen-bond donors (Lipinski definition) is 3. The summed E-state index contributed by atoms with van der Waals surface area (Å²) in [7, 11) is -4.50. The van der Waals surface area contributed by atoms with E-state index in [4.69, 9.17) is 17.3 Å². The SMILES string of the molecule is Nc1c(C(=O)Nc2ccccc2S(=O)(=O)O)sc2nc(-c3ccc(Cl)cc3)ccc12. The number of aromatic nitrogens is 1. The number of hydrogen-bond acceptors (Lipinski definition) is 6. The van der Waals surface area contributed by atoms with Gasteiger partial charge in [-0.2, -0.15) is 8.42 Å². The summed E-state index contributed by atoms with van der Waals surface area (Å²) in [5.74, 6) is -0.598. The highest BCUT2D eigenvalue weighted by molar-refractivity contribution is 7.86. The zero-order chi connectivity index (χ0) is 21.5. The van der Waals surface area contributed by atoms with E-state index in [1.807, 2.05) is 12.1 Å². The topological polar surface area (TPSA) is 122 Å². The smallest absolute Gasteiger partial charge is 0.296 e. The Morgan fingerprint density at radius 1 is 1.07 bits per heavy atom. The number of nitrogen functional groups attached to an aromatic ring is 1. The molecular weight excluding hydrogens is 446 g/mol. The van der Waals surface area contributed by atoms with Gasteiger partial charge in [0.25, 0.3) is 16.0 Å². The van der Waals surface area contributed by atoms with Gasteiger partial charge in [0, 0.05) is 16.0 Å². The van der Waals surface area contributed by atoms with Crippen LogP contribution in [-0.2, 0) is 10.1 Å². The van der Waals surface area contributed by atoms with Crippen LogP contribution in [0.4, 0.5) is 11.4 Å². The van der Waals surface area contributed by atoms with Gasteiger partial charge in [-0.05, 0) is 36.4 Å². The number of nitrogens with zero attached hydrogens (tertiary/aromatic N) is 1. The fourth-order valence-corrected chi connectivity index (χ4v) is 4.68. The molecule has 0 saturated heterocycles. The molecule has 0 atom stereocenters. The Bertz CT molecular complexity index is 1380. The van der Waals surface area contributed by atoms with Gasteiger partial charge in [0.1, 0.15) is 14.6 Å². The van der Waals surface area contributed by atoms with E-state index < -0.39 is 20.9 Å². The highest BCUT2D eigenvalue weighted by Crippen LogP contribution is 2.35. The van der Waals surface area contributed by atoms with Crippen LogP contribution in [0, 0.1) is 0 Å². The third kappa shape index (κ3) is 3.88. The summed E-state index contributed by atoms with van der Waals surface area (Å²) < 4.78 is 32.4. The summed E-state index contributed by atoms with van der Waals surface area (Å²) >= 11 is 7.02. The number of nitrogens with one attached hydrogen (secondary N) is 1. The average Bonchev–Trinajstić information content (AvgIpc) is 3.04. The molecule has 2 heterocycles. The minimum atomic E-state index is -4.50. The Kier molecular flexibility index (Phi) is 5.20. The van der Waals surface area contributed by atoms with Gasteiger partial charge in [-0.15, -0.1) is 11.3 Å². The number of para-hydroxylation sites is 1. The third-order valence-corrected chi connectivity index (χ3v) is 6.63. The van der Waals surface area contributed by atoms with Crippen LogP contribution in [0.2, 0.25) is 5.02 Å². The van der Waals surface area contributed by atoms with Crippen LogP contribution >= 0.6 is 22.9 Å². The Hall–Kier alpha value is -2.98. The lowest BCUT2D eigenvalue weighted by molar-refractivity contribution is 0.103. The molecule has 2 aromatic carbocycles. The molecule has 0 aliphatic rings. The number of carbonyl (C=O) groups is 1. The summed E-state index contributed by atoms with van der Waals surface area (Å²) in [6.07, 6.45) is 0. The maximum atomic E-state index is 12.8. The zero-order valence-electron chi connectivity index (χ0n) is 15.2. The molecule has 30 heavy (non-hydrogen) atoms. The Balaban J connectivity index is 1.71. The molecule has 152 valence electrons. The van der Waals surface area contributed by atoms with E-state index in [2.05, 4.69) is 10.3 Å². The number of carbonyl (C=O) groups excluding carboxylic acids is 1. The second-order valence-electron chi connectivity index (χ2n) is 6.33. The molecule has 0 spiro atoms. The highest BCUT2D eigenvalue weighted by Gasteiger charge is 2.21. The predicted octanol–water partition coefficient (Wildman–Crippen LogP) is 4.70. The number of nitrogens with two attached hydrogens (primary N) is 1. The molecule has 0 aliphatic carbocycles. The number of fused-ring (bicyclic) bond motifs is 1. The molecule has 0 bridgehead atoms. The lowest BCUT2D eigenvalue weighted by atomic mass is 10.1. The van der Waals surface area contributed by atoms with E-state index in [0.29, 0.717) is 20.9 Å². The fraction of sp³-hybridized carbons (Fsp3) is 0. The van der Waals surface area contributed by atoms with Crippen LogP contribution in [0.25, 0.3) is 21.5 Å². The van der Waals surface area contributed by atoms with Crippen molar-refractivity contribution in [1.29, 1.82) is 0 Å². The maximum absolute atomic E-state index is 12.8. The lowest BCUT2D eigenvalue weighted by Crippen LogP contribution is -2.14. The van der Waals surface area contributed by atoms with Crippen molar-refractivity contribution in [2.24, 2.45) is 0 Å². The second kappa shape index (κ2) is 7.69. The van der Waals surface area contributed by atoms with Crippen LogP contribution in [0.1, 0.15) is 9.67 Å². The molecule has 2 aromatic heterocycles. The minimum absolute atomic E-state index is 0.0448. The maximum Gasteiger partial charge on any atom is 0.296 e. The molecule has 0 aliphatic heterocycles. The van der Waals surface area contributed by atoms with E-state index in [1.165, 1.54) is 18.2 Å². The fourth-order valence-electron chi connectivity index (χ4n) is 2.92. The Morgan fingerprint density at radius 3 is 2.47 bits per heavy atom. The number of halogens is 1. The van der Waals surface area contributed by atoms with Crippen molar-refractivity contribution >= 4 is 60.6 Å². The Morgan fingerprint density at radius 2 is 1.77 bits per heavy atom. The number of pyridine rings is 1. The number of amides is 1. The number of rotatable bonds is 4. The van der Waals surface area contributed by atoms with Crippen molar-refractivity contribution in [2.75, 3.05) is 11.1 Å². The standard InChI is InChI=1S/C20H14ClN3O4S2/c21-12-7-5-11(6-8-12)14-10-9-13-17(22)18(29-20(13)24-14)19(25)23-15-3-1-2-4-16(15)30(26,27)28/h1-10H,22H2,(H,23,25)(H,26,27,28). The quantitative estimate of drug-likeness (QED) is 0.380. The molecule has 4 rings (SSSR count). The first-order valence-corrected chi connectivity index (χ1v) is 11.2. The molecule has 0 fully saturated rings. The lowest BCUT2D eigenvalue weighted by Gasteiger charge is -2.08. The number of thiophene rings is 1. The van der Waals surface area contributed by atoms with Crippen LogP contribution in [-0.4, -0.2) is 23.9 Å². The first-order valence-electron chi connectivity index (χ1n) is 8.57. The molecule has 0 saturated carbocycles. The summed E-state index contributed by atoms with van der Waals surface area (Å²) in [4.78, 5) is 17.7. The van der Waals surface area contributed by atoms with E-state index >= 15 is 0 Å². The van der Waals surface area contributed by atoms with Crippen molar-refractivity contribution < 1.29 is 17.8 Å². The van der Waals surface area contributed by atoms with E-state index in [0.717, 1.165) is 16.9 Å². The predicted molar refractivity (Wildman–Crippen MR) is 119 cm³/mol. The Labute approximate surface area is 180 Å². The summed E-state index contributed by atoms with van der Waals surface area (Å²) in [5, 5.41) is 3.73. The van der Waals surface area contributed by atoms with Crippen molar-refractivity contribution in [2.45, 2.75) is 4.90 Å². The number of anilines is 2. The van der Waals surface area contributed by atoms with Crippen molar-refractivity contribution in [3.63, 3.8) is 0 Å². The third-order valence-electron chi connectivity index (χ3n) is 4.35. The summed E-state index contributed by atoms with van der Waals surface area (Å²) in [5.41, 5.74) is 7.91. The molecule has 0 unspecified atom stereocenters. The number of benzene rings is 2. The molecule has 1 amide bonds. The van der Waals surface area contributed by atoms with Crippen molar-refractivity contribution in [3.8, 4) is 11.3 Å². The minimum Gasteiger partial charge on any atom is -0.397 e. The van der Waals surface area contributed by atoms with Crippen LogP contribution in [0.15, 0.2) is 65.6 Å². The zero-order valence-corrected chi connectivity index (χ0v) is 17.6. The van der Waals surface area contributed by atoms with Crippen molar-refractivity contribution in [1.82, 2.24) is 4.98 Å². The van der Waals surface area contributed by atoms with Gasteiger partial charge in [0.05, 0.1) is 17.1 Å². The first-order chi connectivity index (χ1) is 14.2. The van der Waals surface area contributed by atoms with Gasteiger partial charge in [0.15, 0.2) is 0 Å². The monoisotopic (exact) mass is 459 g/mol. The molecule has 4 N–H and O–H groups in total. The molecule has 10 heteroatoms. The van der Waals surface area contributed by atoms with Crippen molar-refractivity contribution in [3.05, 3.63) is 70.6 Å².